The minimum atomic E-state index is 0. The molecule has 0 amide bonds. The van der Waals surface area contributed by atoms with Crippen LogP contribution in [0.15, 0.2) is 48.5 Å². The molecule has 3 nitrogen and oxygen atoms in total. The van der Waals surface area contributed by atoms with Crippen LogP contribution in [0, 0.1) is 0 Å². The van der Waals surface area contributed by atoms with Gasteiger partial charge in [-0.1, -0.05) is 42.5 Å². The second-order valence-electron chi connectivity index (χ2n) is 5.39. The SMILES string of the molecule is COc1cccc(CNC2CC2c2ccccc2)c1OC.Cl. The predicted molar refractivity (Wildman–Crippen MR) is 91.2 cm³/mol. The third-order valence-corrected chi connectivity index (χ3v) is 4.06. The van der Waals surface area contributed by atoms with Gasteiger partial charge in [-0.3, -0.25) is 0 Å². The highest BCUT2D eigenvalue weighted by Crippen LogP contribution is 2.41. The minimum Gasteiger partial charge on any atom is -0.493 e. The second kappa shape index (κ2) is 7.52. The Kier molecular flexibility index (Phi) is 5.69. The first-order valence-corrected chi connectivity index (χ1v) is 7.31. The fourth-order valence-corrected chi connectivity index (χ4v) is 2.82. The van der Waals surface area contributed by atoms with Crippen molar-refractivity contribution >= 4 is 12.4 Å². The Hall–Kier alpha value is -1.71. The van der Waals surface area contributed by atoms with Gasteiger partial charge >= 0.3 is 0 Å². The molecule has 1 fully saturated rings. The molecule has 2 aromatic carbocycles. The van der Waals surface area contributed by atoms with Crippen LogP contribution in [-0.4, -0.2) is 20.3 Å². The Morgan fingerprint density at radius 2 is 1.77 bits per heavy atom. The maximum Gasteiger partial charge on any atom is 0.165 e. The van der Waals surface area contributed by atoms with Gasteiger partial charge in [0.2, 0.25) is 0 Å². The first-order chi connectivity index (χ1) is 10.3. The van der Waals surface area contributed by atoms with E-state index >= 15 is 0 Å². The molecule has 3 rings (SSSR count). The van der Waals surface area contributed by atoms with Crippen molar-refractivity contribution in [2.45, 2.75) is 24.9 Å². The van der Waals surface area contributed by atoms with Gasteiger partial charge in [-0.25, -0.2) is 0 Å². The van der Waals surface area contributed by atoms with Crippen molar-refractivity contribution in [2.24, 2.45) is 0 Å². The summed E-state index contributed by atoms with van der Waals surface area (Å²) in [5, 5.41) is 3.61. The molecule has 118 valence electrons. The number of nitrogens with one attached hydrogen (secondary N) is 1. The highest BCUT2D eigenvalue weighted by atomic mass is 35.5. The zero-order valence-corrected chi connectivity index (χ0v) is 13.7. The van der Waals surface area contributed by atoms with Gasteiger partial charge in [0.1, 0.15) is 0 Å². The molecule has 0 heterocycles. The van der Waals surface area contributed by atoms with Crippen LogP contribution < -0.4 is 14.8 Å². The van der Waals surface area contributed by atoms with Crippen LogP contribution in [-0.2, 0) is 6.54 Å². The van der Waals surface area contributed by atoms with E-state index in [1.165, 1.54) is 12.0 Å². The average Bonchev–Trinajstić information content (AvgIpc) is 3.33. The molecule has 1 N–H and O–H groups in total. The topological polar surface area (TPSA) is 30.5 Å². The summed E-state index contributed by atoms with van der Waals surface area (Å²) in [7, 11) is 3.35. The number of hydrogen-bond donors (Lipinski definition) is 1. The van der Waals surface area contributed by atoms with E-state index in [2.05, 4.69) is 41.7 Å². The molecule has 1 aliphatic rings. The van der Waals surface area contributed by atoms with Gasteiger partial charge in [-0.05, 0) is 18.1 Å². The summed E-state index contributed by atoms with van der Waals surface area (Å²) in [6.45, 7) is 0.800. The Balaban J connectivity index is 0.00000176. The Bertz CT molecular complexity index is 603. The summed E-state index contributed by atoms with van der Waals surface area (Å²) in [6, 6.07) is 17.3. The second-order valence-corrected chi connectivity index (χ2v) is 5.39. The molecule has 0 radical (unpaired) electrons. The highest BCUT2D eigenvalue weighted by Gasteiger charge is 2.37. The number of methoxy groups -OCH3 is 2. The number of para-hydroxylation sites is 1. The molecule has 2 atom stereocenters. The maximum atomic E-state index is 5.47. The highest BCUT2D eigenvalue weighted by molar-refractivity contribution is 5.85. The van der Waals surface area contributed by atoms with E-state index in [1.807, 2.05) is 12.1 Å². The fourth-order valence-electron chi connectivity index (χ4n) is 2.82. The van der Waals surface area contributed by atoms with Crippen LogP contribution in [0.4, 0.5) is 0 Å². The maximum absolute atomic E-state index is 5.47. The molecule has 0 bridgehead atoms. The lowest BCUT2D eigenvalue weighted by atomic mass is 10.1. The lowest BCUT2D eigenvalue weighted by Crippen LogP contribution is -2.17. The predicted octanol–water partition coefficient (Wildman–Crippen LogP) is 3.77. The standard InChI is InChI=1S/C18H21NO2.ClH/c1-20-17-10-6-9-14(18(17)21-2)12-19-16-11-15(16)13-7-4-3-5-8-13;/h3-10,15-16,19H,11-12H2,1-2H3;1H. The fraction of sp³-hybridized carbons (Fsp3) is 0.333. The summed E-state index contributed by atoms with van der Waals surface area (Å²) in [6.07, 6.45) is 1.20. The smallest absolute Gasteiger partial charge is 0.165 e. The van der Waals surface area contributed by atoms with Crippen molar-refractivity contribution in [3.63, 3.8) is 0 Å². The number of benzene rings is 2. The van der Waals surface area contributed by atoms with E-state index in [1.54, 1.807) is 14.2 Å². The minimum absolute atomic E-state index is 0. The zero-order chi connectivity index (χ0) is 14.7. The van der Waals surface area contributed by atoms with Gasteiger partial charge in [0.15, 0.2) is 11.5 Å². The largest absolute Gasteiger partial charge is 0.493 e. The van der Waals surface area contributed by atoms with Crippen LogP contribution >= 0.6 is 12.4 Å². The van der Waals surface area contributed by atoms with Crippen LogP contribution in [0.2, 0.25) is 0 Å². The summed E-state index contributed by atoms with van der Waals surface area (Å²) >= 11 is 0. The van der Waals surface area contributed by atoms with Crippen LogP contribution in [0.5, 0.6) is 11.5 Å². The molecule has 22 heavy (non-hydrogen) atoms. The molecule has 0 aliphatic heterocycles. The Labute approximate surface area is 138 Å². The summed E-state index contributed by atoms with van der Waals surface area (Å²) in [5.41, 5.74) is 2.56. The van der Waals surface area contributed by atoms with Gasteiger partial charge in [0, 0.05) is 24.1 Å². The first kappa shape index (κ1) is 16.7. The molecular weight excluding hydrogens is 298 g/mol. The molecule has 2 aromatic rings. The lowest BCUT2D eigenvalue weighted by Gasteiger charge is -2.13. The van der Waals surface area contributed by atoms with Crippen molar-refractivity contribution in [1.82, 2.24) is 5.32 Å². The summed E-state index contributed by atoms with van der Waals surface area (Å²) < 4.78 is 10.8. The average molecular weight is 320 g/mol. The van der Waals surface area contributed by atoms with Crippen LogP contribution in [0.25, 0.3) is 0 Å². The van der Waals surface area contributed by atoms with Crippen LogP contribution in [0.3, 0.4) is 0 Å². The van der Waals surface area contributed by atoms with Gasteiger partial charge in [0.25, 0.3) is 0 Å². The summed E-state index contributed by atoms with van der Waals surface area (Å²) in [5.74, 6) is 2.25. The van der Waals surface area contributed by atoms with Crippen LogP contribution in [0.1, 0.15) is 23.5 Å². The van der Waals surface area contributed by atoms with Gasteiger partial charge < -0.3 is 14.8 Å². The van der Waals surface area contributed by atoms with Crippen molar-refractivity contribution < 1.29 is 9.47 Å². The number of ether oxygens (including phenoxy) is 2. The van der Waals surface area contributed by atoms with E-state index in [9.17, 15) is 0 Å². The summed E-state index contributed by atoms with van der Waals surface area (Å²) in [4.78, 5) is 0. The number of hydrogen-bond acceptors (Lipinski definition) is 3. The first-order valence-electron chi connectivity index (χ1n) is 7.31. The number of halogens is 1. The molecule has 1 saturated carbocycles. The van der Waals surface area contributed by atoms with Gasteiger partial charge in [-0.15, -0.1) is 12.4 Å². The van der Waals surface area contributed by atoms with Crippen molar-refractivity contribution in [3.8, 4) is 11.5 Å². The Morgan fingerprint density at radius 1 is 1.00 bits per heavy atom. The molecule has 2 unspecified atom stereocenters. The zero-order valence-electron chi connectivity index (χ0n) is 12.9. The van der Waals surface area contributed by atoms with Crippen molar-refractivity contribution in [1.29, 1.82) is 0 Å². The van der Waals surface area contributed by atoms with Crippen molar-refractivity contribution in [3.05, 3.63) is 59.7 Å². The molecular formula is C18H22ClNO2. The van der Waals surface area contributed by atoms with Crippen molar-refractivity contribution in [2.75, 3.05) is 14.2 Å². The molecule has 4 heteroatoms. The van der Waals surface area contributed by atoms with E-state index in [0.717, 1.165) is 23.6 Å². The van der Waals surface area contributed by atoms with E-state index < -0.39 is 0 Å². The molecule has 0 spiro atoms. The normalized spacial score (nSPS) is 19.2. The van der Waals surface area contributed by atoms with Gasteiger partial charge in [-0.2, -0.15) is 0 Å². The van der Waals surface area contributed by atoms with E-state index in [-0.39, 0.29) is 12.4 Å². The third kappa shape index (κ3) is 3.54. The molecule has 0 aromatic heterocycles. The quantitative estimate of drug-likeness (QED) is 0.879. The van der Waals surface area contributed by atoms with Gasteiger partial charge in [0.05, 0.1) is 14.2 Å². The number of rotatable bonds is 6. The lowest BCUT2D eigenvalue weighted by molar-refractivity contribution is 0.350. The third-order valence-electron chi connectivity index (χ3n) is 4.06. The monoisotopic (exact) mass is 319 g/mol. The van der Waals surface area contributed by atoms with E-state index in [4.69, 9.17) is 9.47 Å². The molecule has 1 aliphatic carbocycles. The molecule has 0 saturated heterocycles. The Morgan fingerprint density at radius 3 is 2.45 bits per heavy atom. The van der Waals surface area contributed by atoms with E-state index in [0.29, 0.717) is 12.0 Å².